The van der Waals surface area contributed by atoms with E-state index >= 15 is 0 Å². The van der Waals surface area contributed by atoms with Crippen molar-refractivity contribution in [3.05, 3.63) is 53.4 Å². The standard InChI is InChI=1S/C19H20N4/c1-5-14(22-15(12-20)13-21)10-11-18-19(2,3)16-8-6-7-9-17(16)23(18)4/h6-11H,5H2,1-4H3/b14-10-,18-11+. The molecule has 0 aliphatic carbocycles. The van der Waals surface area contributed by atoms with E-state index in [9.17, 15) is 0 Å². The minimum absolute atomic E-state index is 0.0995. The van der Waals surface area contributed by atoms with E-state index in [0.29, 0.717) is 6.42 Å². The van der Waals surface area contributed by atoms with Crippen LogP contribution in [0, 0.1) is 22.7 Å². The van der Waals surface area contributed by atoms with E-state index in [4.69, 9.17) is 10.5 Å². The van der Waals surface area contributed by atoms with Crippen molar-refractivity contribution in [2.75, 3.05) is 11.9 Å². The lowest BCUT2D eigenvalue weighted by atomic mass is 9.84. The minimum atomic E-state index is -0.112. The molecule has 1 aromatic carbocycles. The van der Waals surface area contributed by atoms with Crippen LogP contribution in [0.4, 0.5) is 5.69 Å². The third-order valence-electron chi connectivity index (χ3n) is 4.20. The fraction of sp³-hybridized carbons (Fsp3) is 0.316. The molecule has 0 fully saturated rings. The Morgan fingerprint density at radius 1 is 1.26 bits per heavy atom. The van der Waals surface area contributed by atoms with Gasteiger partial charge in [-0.2, -0.15) is 10.5 Å². The fourth-order valence-corrected chi connectivity index (χ4v) is 2.93. The van der Waals surface area contributed by atoms with Crippen molar-refractivity contribution in [2.24, 2.45) is 4.99 Å². The minimum Gasteiger partial charge on any atom is -0.347 e. The number of benzene rings is 1. The molecular weight excluding hydrogens is 284 g/mol. The zero-order valence-electron chi connectivity index (χ0n) is 14.0. The van der Waals surface area contributed by atoms with Crippen molar-refractivity contribution in [3.8, 4) is 12.1 Å². The maximum Gasteiger partial charge on any atom is 0.218 e. The van der Waals surface area contributed by atoms with Gasteiger partial charge in [-0.05, 0) is 30.2 Å². The van der Waals surface area contributed by atoms with Gasteiger partial charge in [0, 0.05) is 29.5 Å². The number of likely N-dealkylation sites (N-methyl/N-ethyl adjacent to an activating group) is 1. The second-order valence-corrected chi connectivity index (χ2v) is 5.95. The van der Waals surface area contributed by atoms with Crippen molar-refractivity contribution in [1.29, 1.82) is 10.5 Å². The monoisotopic (exact) mass is 304 g/mol. The molecule has 116 valence electrons. The molecule has 0 spiro atoms. The Balaban J connectivity index is 2.45. The summed E-state index contributed by atoms with van der Waals surface area (Å²) in [7, 11) is 2.05. The normalized spacial score (nSPS) is 17.4. The van der Waals surface area contributed by atoms with Gasteiger partial charge in [-0.3, -0.25) is 0 Å². The quantitative estimate of drug-likeness (QED) is 0.790. The van der Waals surface area contributed by atoms with E-state index in [0.717, 1.165) is 11.4 Å². The van der Waals surface area contributed by atoms with Crippen LogP contribution in [0.25, 0.3) is 0 Å². The summed E-state index contributed by atoms with van der Waals surface area (Å²) in [4.78, 5) is 6.29. The van der Waals surface area contributed by atoms with Crippen molar-refractivity contribution in [3.63, 3.8) is 0 Å². The Kier molecular flexibility index (Phi) is 4.67. The number of fused-ring (bicyclic) bond motifs is 1. The molecule has 0 bridgehead atoms. The van der Waals surface area contributed by atoms with Crippen LogP contribution in [0.5, 0.6) is 0 Å². The molecule has 0 radical (unpaired) electrons. The Morgan fingerprint density at radius 3 is 2.48 bits per heavy atom. The number of rotatable bonds is 3. The molecule has 23 heavy (non-hydrogen) atoms. The summed E-state index contributed by atoms with van der Waals surface area (Å²) >= 11 is 0. The molecule has 0 atom stereocenters. The van der Waals surface area contributed by atoms with Crippen LogP contribution in [0.1, 0.15) is 32.8 Å². The Morgan fingerprint density at radius 2 is 1.91 bits per heavy atom. The van der Waals surface area contributed by atoms with Crippen LogP contribution < -0.4 is 4.90 Å². The van der Waals surface area contributed by atoms with E-state index in [-0.39, 0.29) is 11.1 Å². The first-order chi connectivity index (χ1) is 11.0. The van der Waals surface area contributed by atoms with Gasteiger partial charge in [-0.1, -0.05) is 39.0 Å². The molecule has 0 saturated heterocycles. The van der Waals surface area contributed by atoms with Gasteiger partial charge in [0.1, 0.15) is 12.1 Å². The number of hydrogen-bond acceptors (Lipinski definition) is 4. The summed E-state index contributed by atoms with van der Waals surface area (Å²) in [6.45, 7) is 6.35. The predicted molar refractivity (Wildman–Crippen MR) is 93.0 cm³/mol. The molecule has 2 rings (SSSR count). The summed E-state index contributed by atoms with van der Waals surface area (Å²) in [5.41, 5.74) is 4.16. The number of hydrogen-bond donors (Lipinski definition) is 0. The molecule has 1 aromatic rings. The second-order valence-electron chi connectivity index (χ2n) is 5.95. The SMILES string of the molecule is CC/C(=C/C=C1/N(C)c2ccccc2C1(C)C)N=C(C#N)C#N. The van der Waals surface area contributed by atoms with Gasteiger partial charge >= 0.3 is 0 Å². The van der Waals surface area contributed by atoms with Crippen LogP contribution in [-0.2, 0) is 5.41 Å². The van der Waals surface area contributed by atoms with E-state index in [1.54, 1.807) is 12.1 Å². The van der Waals surface area contributed by atoms with Crippen LogP contribution in [0.2, 0.25) is 0 Å². The predicted octanol–water partition coefficient (Wildman–Crippen LogP) is 4.08. The van der Waals surface area contributed by atoms with Gasteiger partial charge in [-0.15, -0.1) is 0 Å². The lowest BCUT2D eigenvalue weighted by Gasteiger charge is -2.23. The average molecular weight is 304 g/mol. The lowest BCUT2D eigenvalue weighted by Crippen LogP contribution is -2.22. The van der Waals surface area contributed by atoms with Gasteiger partial charge in [0.15, 0.2) is 0 Å². The molecule has 1 aliphatic heterocycles. The first-order valence-corrected chi connectivity index (χ1v) is 7.59. The van der Waals surface area contributed by atoms with Crippen molar-refractivity contribution >= 4 is 11.4 Å². The fourth-order valence-electron chi connectivity index (χ4n) is 2.93. The largest absolute Gasteiger partial charge is 0.347 e. The van der Waals surface area contributed by atoms with Crippen LogP contribution in [0.15, 0.2) is 52.8 Å². The Hall–Kier alpha value is -2.85. The van der Waals surface area contributed by atoms with Crippen LogP contribution >= 0.6 is 0 Å². The van der Waals surface area contributed by atoms with Crippen molar-refractivity contribution in [2.45, 2.75) is 32.6 Å². The maximum atomic E-state index is 8.84. The summed E-state index contributed by atoms with van der Waals surface area (Å²) in [5.74, 6) is 0. The highest BCUT2D eigenvalue weighted by atomic mass is 15.2. The summed E-state index contributed by atoms with van der Waals surface area (Å²) < 4.78 is 0. The third-order valence-corrected chi connectivity index (χ3v) is 4.20. The molecule has 0 N–H and O–H groups in total. The zero-order valence-corrected chi connectivity index (χ0v) is 14.0. The van der Waals surface area contributed by atoms with E-state index in [1.807, 2.05) is 25.1 Å². The van der Waals surface area contributed by atoms with E-state index in [2.05, 4.69) is 49.0 Å². The zero-order chi connectivity index (χ0) is 17.0. The molecule has 1 aliphatic rings. The number of para-hydroxylation sites is 1. The molecule has 1 heterocycles. The van der Waals surface area contributed by atoms with Crippen LogP contribution in [-0.4, -0.2) is 12.8 Å². The summed E-state index contributed by atoms with van der Waals surface area (Å²) in [5, 5.41) is 17.7. The molecule has 0 unspecified atom stereocenters. The molecule has 4 heteroatoms. The van der Waals surface area contributed by atoms with E-state index in [1.165, 1.54) is 11.3 Å². The summed E-state index contributed by atoms with van der Waals surface area (Å²) in [6.07, 6.45) is 4.59. The molecule has 0 amide bonds. The highest BCUT2D eigenvalue weighted by Gasteiger charge is 2.37. The number of anilines is 1. The molecule has 0 saturated carbocycles. The second kappa shape index (κ2) is 6.50. The number of nitriles is 2. The topological polar surface area (TPSA) is 63.2 Å². The Labute approximate surface area is 137 Å². The van der Waals surface area contributed by atoms with Gasteiger partial charge in [0.25, 0.3) is 0 Å². The van der Waals surface area contributed by atoms with Crippen molar-refractivity contribution in [1.82, 2.24) is 0 Å². The van der Waals surface area contributed by atoms with Gasteiger partial charge in [0.05, 0.1) is 0 Å². The average Bonchev–Trinajstić information content (AvgIpc) is 2.75. The Bertz CT molecular complexity index is 766. The lowest BCUT2D eigenvalue weighted by molar-refractivity contribution is 0.640. The number of allylic oxidation sites excluding steroid dienone is 4. The van der Waals surface area contributed by atoms with Crippen LogP contribution in [0.3, 0.4) is 0 Å². The van der Waals surface area contributed by atoms with Gasteiger partial charge in [0.2, 0.25) is 5.71 Å². The summed E-state index contributed by atoms with van der Waals surface area (Å²) in [6, 6.07) is 12.0. The molecular formula is C19H20N4. The molecule has 4 nitrogen and oxygen atoms in total. The highest BCUT2D eigenvalue weighted by molar-refractivity contribution is 6.10. The first kappa shape index (κ1) is 16.5. The van der Waals surface area contributed by atoms with Crippen molar-refractivity contribution < 1.29 is 0 Å². The molecule has 0 aromatic heterocycles. The highest BCUT2D eigenvalue weighted by Crippen LogP contribution is 2.46. The van der Waals surface area contributed by atoms with Gasteiger partial charge in [-0.25, -0.2) is 4.99 Å². The first-order valence-electron chi connectivity index (χ1n) is 7.59. The van der Waals surface area contributed by atoms with Gasteiger partial charge < -0.3 is 4.90 Å². The third kappa shape index (κ3) is 3.03. The smallest absolute Gasteiger partial charge is 0.218 e. The number of nitrogens with zero attached hydrogens (tertiary/aromatic N) is 4. The maximum absolute atomic E-state index is 8.84. The van der Waals surface area contributed by atoms with E-state index < -0.39 is 0 Å². The number of aliphatic imine (C=N–C) groups is 1.